The summed E-state index contributed by atoms with van der Waals surface area (Å²) in [7, 11) is 0. The second kappa shape index (κ2) is 12.2. The zero-order valence-electron chi connectivity index (χ0n) is 17.8. The topological polar surface area (TPSA) is 73.7 Å². The maximum absolute atomic E-state index is 10.6. The van der Waals surface area contributed by atoms with Crippen LogP contribution >= 0.6 is 0 Å². The van der Waals surface area contributed by atoms with Crippen molar-refractivity contribution in [3.8, 4) is 0 Å². The molecule has 7 nitrogen and oxygen atoms in total. The van der Waals surface area contributed by atoms with E-state index in [0.29, 0.717) is 38.5 Å². The average molecular weight is 407 g/mol. The highest BCUT2D eigenvalue weighted by Crippen LogP contribution is 2.15. The Morgan fingerprint density at radius 3 is 2.40 bits per heavy atom. The van der Waals surface area contributed by atoms with E-state index in [1.54, 1.807) is 18.5 Å². The highest BCUT2D eigenvalue weighted by Gasteiger charge is 2.12. The lowest BCUT2D eigenvalue weighted by Gasteiger charge is -2.26. The van der Waals surface area contributed by atoms with Crippen LogP contribution in [0.15, 0.2) is 78.3 Å². The number of carbonyl (C=O) groups excluding carboxylic acids is 1. The van der Waals surface area contributed by atoms with Crippen molar-refractivity contribution < 1.29 is 4.79 Å². The van der Waals surface area contributed by atoms with Crippen LogP contribution in [0.5, 0.6) is 0 Å². The number of rotatable bonds is 13. The summed E-state index contributed by atoms with van der Waals surface area (Å²) in [5.41, 5.74) is 3.64. The van der Waals surface area contributed by atoms with Crippen molar-refractivity contribution in [3.05, 3.63) is 78.8 Å². The van der Waals surface area contributed by atoms with Crippen molar-refractivity contribution in [2.75, 3.05) is 31.1 Å². The van der Waals surface area contributed by atoms with Gasteiger partial charge in [-0.3, -0.25) is 9.80 Å². The largest absolute Gasteiger partial charge is 0.357 e. The van der Waals surface area contributed by atoms with E-state index in [1.807, 2.05) is 54.1 Å². The number of aromatic nitrogens is 2. The Labute approximate surface area is 178 Å². The van der Waals surface area contributed by atoms with Gasteiger partial charge in [-0.2, -0.15) is 5.10 Å². The number of benzene rings is 1. The third-order valence-electron chi connectivity index (χ3n) is 4.51. The Morgan fingerprint density at radius 1 is 1.07 bits per heavy atom. The molecule has 0 aliphatic heterocycles. The van der Waals surface area contributed by atoms with Gasteiger partial charge in [-0.05, 0) is 37.5 Å². The standard InChI is InChI=1S/C23H30N6O/c1-19(2)21(4)29(27-20(3)22-10-6-5-7-11-22)16-9-15-28(17-14-24-18-30)23-25-12-8-13-26-23/h5-8,10-13,18H,1,4,9,14-17H2,2-3H3,(H,24,30)/b27-20+. The van der Waals surface area contributed by atoms with Crippen LogP contribution in [0, 0.1) is 0 Å². The second-order valence-electron chi connectivity index (χ2n) is 6.86. The predicted octanol–water partition coefficient (Wildman–Crippen LogP) is 3.24. The molecule has 0 radical (unpaired) electrons. The molecule has 1 aromatic carbocycles. The fraction of sp³-hybridized carbons (Fsp3) is 0.304. The summed E-state index contributed by atoms with van der Waals surface area (Å²) >= 11 is 0. The van der Waals surface area contributed by atoms with E-state index in [4.69, 9.17) is 5.10 Å². The molecule has 1 aromatic heterocycles. The van der Waals surface area contributed by atoms with Crippen LogP contribution in [0.4, 0.5) is 5.95 Å². The highest BCUT2D eigenvalue weighted by atomic mass is 16.1. The number of hydrogen-bond acceptors (Lipinski definition) is 6. The molecule has 0 saturated heterocycles. The van der Waals surface area contributed by atoms with Gasteiger partial charge in [0.1, 0.15) is 0 Å². The first kappa shape index (κ1) is 22.8. The van der Waals surface area contributed by atoms with Crippen LogP contribution in [-0.2, 0) is 4.79 Å². The molecule has 30 heavy (non-hydrogen) atoms. The van der Waals surface area contributed by atoms with E-state index in [-0.39, 0.29) is 0 Å². The molecule has 0 fully saturated rings. The Morgan fingerprint density at radius 2 is 1.77 bits per heavy atom. The molecule has 0 saturated carbocycles. The van der Waals surface area contributed by atoms with Crippen LogP contribution in [0.2, 0.25) is 0 Å². The van der Waals surface area contributed by atoms with Crippen molar-refractivity contribution in [1.82, 2.24) is 20.3 Å². The summed E-state index contributed by atoms with van der Waals surface area (Å²) in [6, 6.07) is 11.8. The highest BCUT2D eigenvalue weighted by molar-refractivity contribution is 5.98. The lowest BCUT2D eigenvalue weighted by Crippen LogP contribution is -2.35. The summed E-state index contributed by atoms with van der Waals surface area (Å²) in [5.74, 6) is 0.638. The van der Waals surface area contributed by atoms with Crippen molar-refractivity contribution >= 4 is 18.1 Å². The number of hydrazone groups is 1. The minimum Gasteiger partial charge on any atom is -0.357 e. The van der Waals surface area contributed by atoms with Crippen molar-refractivity contribution in [3.63, 3.8) is 0 Å². The normalized spacial score (nSPS) is 10.9. The number of hydrogen-bond donors (Lipinski definition) is 1. The van der Waals surface area contributed by atoms with Crippen molar-refractivity contribution in [1.29, 1.82) is 0 Å². The molecule has 2 aromatic rings. The van der Waals surface area contributed by atoms with E-state index in [2.05, 4.69) is 28.4 Å². The molecule has 158 valence electrons. The number of nitrogens with one attached hydrogen (secondary N) is 1. The maximum Gasteiger partial charge on any atom is 0.225 e. The first-order valence-corrected chi connectivity index (χ1v) is 9.95. The smallest absolute Gasteiger partial charge is 0.225 e. The van der Waals surface area contributed by atoms with E-state index in [9.17, 15) is 4.79 Å². The van der Waals surface area contributed by atoms with Gasteiger partial charge in [-0.25, -0.2) is 9.97 Å². The number of allylic oxidation sites excluding steroid dienone is 1. The van der Waals surface area contributed by atoms with Crippen LogP contribution in [-0.4, -0.2) is 53.3 Å². The molecule has 0 bridgehead atoms. The van der Waals surface area contributed by atoms with E-state index >= 15 is 0 Å². The van der Waals surface area contributed by atoms with Gasteiger partial charge in [0.15, 0.2) is 0 Å². The maximum atomic E-state index is 10.6. The van der Waals surface area contributed by atoms with Gasteiger partial charge in [0.2, 0.25) is 12.4 Å². The van der Waals surface area contributed by atoms with Gasteiger partial charge in [-0.15, -0.1) is 0 Å². The molecule has 0 aliphatic rings. The minimum atomic E-state index is 0.523. The van der Waals surface area contributed by atoms with Crippen molar-refractivity contribution in [2.24, 2.45) is 5.10 Å². The Bertz CT molecular complexity index is 851. The summed E-state index contributed by atoms with van der Waals surface area (Å²) in [4.78, 5) is 21.3. The molecule has 0 spiro atoms. The fourth-order valence-corrected chi connectivity index (χ4v) is 2.82. The summed E-state index contributed by atoms with van der Waals surface area (Å²) in [6.07, 6.45) is 4.93. The SMILES string of the molecule is C=C(C)C(=C)N(CCCN(CCNC=O)c1ncccn1)/N=C(\C)c1ccccc1. The fourth-order valence-electron chi connectivity index (χ4n) is 2.82. The summed E-state index contributed by atoms with van der Waals surface area (Å²) in [5, 5.41) is 9.38. The molecular formula is C23H30N6O. The van der Waals surface area contributed by atoms with Gasteiger partial charge in [0, 0.05) is 38.6 Å². The van der Waals surface area contributed by atoms with Crippen LogP contribution in [0.25, 0.3) is 0 Å². The molecule has 1 N–H and O–H groups in total. The van der Waals surface area contributed by atoms with Gasteiger partial charge in [-0.1, -0.05) is 43.5 Å². The zero-order valence-corrected chi connectivity index (χ0v) is 17.8. The van der Waals surface area contributed by atoms with E-state index in [0.717, 1.165) is 29.0 Å². The number of nitrogens with zero attached hydrogens (tertiary/aromatic N) is 5. The Hall–Kier alpha value is -3.48. The van der Waals surface area contributed by atoms with E-state index in [1.165, 1.54) is 0 Å². The number of anilines is 1. The lowest BCUT2D eigenvalue weighted by molar-refractivity contribution is -0.109. The molecule has 0 atom stereocenters. The molecule has 1 heterocycles. The van der Waals surface area contributed by atoms with Crippen LogP contribution in [0.1, 0.15) is 25.8 Å². The third-order valence-corrected chi connectivity index (χ3v) is 4.51. The molecule has 2 rings (SSSR count). The minimum absolute atomic E-state index is 0.523. The Balaban J connectivity index is 2.08. The third kappa shape index (κ3) is 7.16. The number of carbonyl (C=O) groups is 1. The van der Waals surface area contributed by atoms with Crippen molar-refractivity contribution in [2.45, 2.75) is 20.3 Å². The quantitative estimate of drug-likeness (QED) is 0.182. The second-order valence-corrected chi connectivity index (χ2v) is 6.86. The van der Waals surface area contributed by atoms with Gasteiger partial charge in [0.25, 0.3) is 0 Å². The summed E-state index contributed by atoms with van der Waals surface area (Å²) < 4.78 is 0. The molecule has 1 amide bonds. The predicted molar refractivity (Wildman–Crippen MR) is 122 cm³/mol. The van der Waals surface area contributed by atoms with Crippen LogP contribution < -0.4 is 10.2 Å². The average Bonchev–Trinajstić information content (AvgIpc) is 2.78. The Kier molecular flexibility index (Phi) is 9.24. The van der Waals surface area contributed by atoms with Crippen LogP contribution in [0.3, 0.4) is 0 Å². The molecular weight excluding hydrogens is 376 g/mol. The lowest BCUT2D eigenvalue weighted by atomic mass is 10.1. The molecule has 0 unspecified atom stereocenters. The molecule has 0 aliphatic carbocycles. The molecule has 7 heteroatoms. The zero-order chi connectivity index (χ0) is 21.8. The van der Waals surface area contributed by atoms with Gasteiger partial charge >= 0.3 is 0 Å². The van der Waals surface area contributed by atoms with Gasteiger partial charge in [0.05, 0.1) is 11.4 Å². The van der Waals surface area contributed by atoms with Gasteiger partial charge < -0.3 is 10.2 Å². The number of amides is 1. The van der Waals surface area contributed by atoms with E-state index < -0.39 is 0 Å². The monoisotopic (exact) mass is 406 g/mol. The first-order valence-electron chi connectivity index (χ1n) is 9.95. The summed E-state index contributed by atoms with van der Waals surface area (Å²) in [6.45, 7) is 14.6. The first-order chi connectivity index (χ1) is 14.5.